The van der Waals surface area contributed by atoms with Gasteiger partial charge in [0.15, 0.2) is 0 Å². The van der Waals surface area contributed by atoms with Gasteiger partial charge in [-0.1, -0.05) is 61.0 Å². The number of anilines is 1. The summed E-state index contributed by atoms with van der Waals surface area (Å²) in [5.41, 5.74) is 1.98. The first-order chi connectivity index (χ1) is 17.7. The Hall–Kier alpha value is -2.88. The van der Waals surface area contributed by atoms with E-state index in [1.165, 1.54) is 4.31 Å². The normalized spacial score (nSPS) is 14.8. The standard InChI is InChI=1S/C27H34ClN5O3S/c1-4-14-31-20-23(27(34)33(21(2)3)19-22-10-6-5-7-11-22)26(29-31)37(35,36)32-17-15-30(16-18-32)25-13-9-8-12-24(25)28/h5-13,20-21H,4,14-19H2,1-3H3. The predicted octanol–water partition coefficient (Wildman–Crippen LogP) is 4.51. The lowest BCUT2D eigenvalue weighted by Gasteiger charge is -2.35. The van der Waals surface area contributed by atoms with Crippen LogP contribution < -0.4 is 4.90 Å². The molecule has 0 radical (unpaired) electrons. The number of para-hydroxylation sites is 1. The molecule has 8 nitrogen and oxygen atoms in total. The number of aromatic nitrogens is 2. The second-order valence-corrected chi connectivity index (χ2v) is 11.7. The topological polar surface area (TPSA) is 78.8 Å². The van der Waals surface area contributed by atoms with Gasteiger partial charge in [0.2, 0.25) is 5.03 Å². The van der Waals surface area contributed by atoms with Crippen LogP contribution in [0.25, 0.3) is 0 Å². The maximum atomic E-state index is 13.8. The van der Waals surface area contributed by atoms with E-state index in [0.717, 1.165) is 17.7 Å². The Morgan fingerprint density at radius 1 is 1.03 bits per heavy atom. The number of halogens is 1. The van der Waals surface area contributed by atoms with Crippen molar-refractivity contribution in [2.45, 2.75) is 51.3 Å². The summed E-state index contributed by atoms with van der Waals surface area (Å²) in [5.74, 6) is -0.338. The van der Waals surface area contributed by atoms with Crippen LogP contribution in [0.5, 0.6) is 0 Å². The van der Waals surface area contributed by atoms with Crippen LogP contribution in [0, 0.1) is 0 Å². The van der Waals surface area contributed by atoms with Gasteiger partial charge in [-0.05, 0) is 38.0 Å². The molecule has 4 rings (SSSR count). The highest BCUT2D eigenvalue weighted by Crippen LogP contribution is 2.28. The molecule has 3 aromatic rings. The number of nitrogens with zero attached hydrogens (tertiary/aromatic N) is 5. The van der Waals surface area contributed by atoms with Gasteiger partial charge >= 0.3 is 0 Å². The van der Waals surface area contributed by atoms with Gasteiger partial charge < -0.3 is 9.80 Å². The van der Waals surface area contributed by atoms with E-state index in [4.69, 9.17) is 11.6 Å². The van der Waals surface area contributed by atoms with E-state index < -0.39 is 10.0 Å². The van der Waals surface area contributed by atoms with E-state index in [9.17, 15) is 13.2 Å². The Bertz CT molecular complexity index is 1320. The summed E-state index contributed by atoms with van der Waals surface area (Å²) in [7, 11) is -3.99. The zero-order chi connectivity index (χ0) is 26.6. The largest absolute Gasteiger partial charge is 0.368 e. The number of benzene rings is 2. The highest BCUT2D eigenvalue weighted by atomic mass is 35.5. The molecule has 0 unspecified atom stereocenters. The second kappa shape index (κ2) is 11.7. The van der Waals surface area contributed by atoms with Crippen molar-refractivity contribution in [2.24, 2.45) is 0 Å². The molecule has 1 saturated heterocycles. The highest BCUT2D eigenvalue weighted by molar-refractivity contribution is 7.89. The van der Waals surface area contributed by atoms with Gasteiger partial charge in [-0.3, -0.25) is 9.48 Å². The number of hydrogen-bond acceptors (Lipinski definition) is 5. The van der Waals surface area contributed by atoms with Crippen molar-refractivity contribution in [1.29, 1.82) is 0 Å². The maximum Gasteiger partial charge on any atom is 0.263 e. The van der Waals surface area contributed by atoms with E-state index in [0.29, 0.717) is 31.2 Å². The fourth-order valence-electron chi connectivity index (χ4n) is 4.51. The average molecular weight is 544 g/mol. The van der Waals surface area contributed by atoms with Crippen molar-refractivity contribution in [3.05, 3.63) is 76.9 Å². The first-order valence-corrected chi connectivity index (χ1v) is 14.5. The Morgan fingerprint density at radius 3 is 2.30 bits per heavy atom. The fraction of sp³-hybridized carbons (Fsp3) is 0.407. The van der Waals surface area contributed by atoms with Crippen molar-refractivity contribution in [1.82, 2.24) is 19.0 Å². The highest BCUT2D eigenvalue weighted by Gasteiger charge is 2.36. The van der Waals surface area contributed by atoms with Crippen LogP contribution in [0.3, 0.4) is 0 Å². The number of rotatable bonds is 9. The molecule has 0 saturated carbocycles. The quantitative estimate of drug-likeness (QED) is 0.397. The summed E-state index contributed by atoms with van der Waals surface area (Å²) in [6.07, 6.45) is 2.35. The Kier molecular flexibility index (Phi) is 8.56. The van der Waals surface area contributed by atoms with E-state index in [1.54, 1.807) is 15.8 Å². The minimum Gasteiger partial charge on any atom is -0.368 e. The van der Waals surface area contributed by atoms with Crippen LogP contribution in [0.4, 0.5) is 5.69 Å². The van der Waals surface area contributed by atoms with Gasteiger partial charge in [-0.25, -0.2) is 8.42 Å². The smallest absolute Gasteiger partial charge is 0.263 e. The van der Waals surface area contributed by atoms with Crippen molar-refractivity contribution in [3.8, 4) is 0 Å². The third kappa shape index (κ3) is 6.00. The molecule has 1 aliphatic heterocycles. The summed E-state index contributed by atoms with van der Waals surface area (Å²) < 4.78 is 30.6. The molecule has 1 fully saturated rings. The number of sulfonamides is 1. The van der Waals surface area contributed by atoms with Crippen molar-refractivity contribution >= 4 is 33.2 Å². The number of carbonyl (C=O) groups is 1. The number of amides is 1. The lowest BCUT2D eigenvalue weighted by molar-refractivity contribution is 0.0686. The van der Waals surface area contributed by atoms with Gasteiger partial charge in [-0.15, -0.1) is 0 Å². The van der Waals surface area contributed by atoms with Crippen molar-refractivity contribution < 1.29 is 13.2 Å². The second-order valence-electron chi connectivity index (χ2n) is 9.47. The monoisotopic (exact) mass is 543 g/mol. The first kappa shape index (κ1) is 27.2. The molecule has 0 aliphatic carbocycles. The molecule has 10 heteroatoms. The van der Waals surface area contributed by atoms with Gasteiger partial charge in [-0.2, -0.15) is 9.40 Å². The minimum atomic E-state index is -3.99. The van der Waals surface area contributed by atoms with E-state index in [2.05, 4.69) is 10.00 Å². The fourth-order valence-corrected chi connectivity index (χ4v) is 6.28. The van der Waals surface area contributed by atoms with E-state index in [-0.39, 0.29) is 35.6 Å². The molecule has 0 bridgehead atoms. The Balaban J connectivity index is 1.61. The number of aryl methyl sites for hydroxylation is 1. The van der Waals surface area contributed by atoms with Crippen LogP contribution in [0.1, 0.15) is 43.1 Å². The zero-order valence-electron chi connectivity index (χ0n) is 21.5. The van der Waals surface area contributed by atoms with E-state index in [1.807, 2.05) is 75.4 Å². The van der Waals surface area contributed by atoms with Crippen LogP contribution in [-0.2, 0) is 23.1 Å². The van der Waals surface area contributed by atoms with E-state index >= 15 is 0 Å². The SMILES string of the molecule is CCCn1cc(C(=O)N(Cc2ccccc2)C(C)C)c(S(=O)(=O)N2CCN(c3ccccc3Cl)CC2)n1. The molecular weight excluding hydrogens is 510 g/mol. The lowest BCUT2D eigenvalue weighted by Crippen LogP contribution is -2.49. The molecule has 2 aromatic carbocycles. The predicted molar refractivity (Wildman–Crippen MR) is 146 cm³/mol. The third-order valence-electron chi connectivity index (χ3n) is 6.51. The van der Waals surface area contributed by atoms with Gasteiger partial charge in [0, 0.05) is 51.5 Å². The summed E-state index contributed by atoms with van der Waals surface area (Å²) in [5, 5.41) is 4.88. The molecule has 198 valence electrons. The molecule has 0 N–H and O–H groups in total. The van der Waals surface area contributed by atoms with Crippen LogP contribution in [0.2, 0.25) is 5.02 Å². The summed E-state index contributed by atoms with van der Waals surface area (Å²) >= 11 is 6.35. The van der Waals surface area contributed by atoms with Gasteiger partial charge in [0.05, 0.1) is 16.3 Å². The number of carbonyl (C=O) groups excluding carboxylic acids is 1. The summed E-state index contributed by atoms with van der Waals surface area (Å²) in [6, 6.07) is 17.1. The Morgan fingerprint density at radius 2 is 1.68 bits per heavy atom. The molecule has 37 heavy (non-hydrogen) atoms. The van der Waals surface area contributed by atoms with Gasteiger partial charge in [0.1, 0.15) is 0 Å². The van der Waals surface area contributed by atoms with Crippen molar-refractivity contribution in [2.75, 3.05) is 31.1 Å². The molecule has 1 aromatic heterocycles. The molecule has 0 spiro atoms. The Labute approximate surface area is 224 Å². The molecule has 2 heterocycles. The minimum absolute atomic E-state index is 0.117. The molecule has 1 aliphatic rings. The zero-order valence-corrected chi connectivity index (χ0v) is 23.1. The first-order valence-electron chi connectivity index (χ1n) is 12.6. The number of piperazine rings is 1. The lowest BCUT2D eigenvalue weighted by atomic mass is 10.1. The summed E-state index contributed by atoms with van der Waals surface area (Å²) in [6.45, 7) is 8.30. The van der Waals surface area contributed by atoms with Crippen molar-refractivity contribution in [3.63, 3.8) is 0 Å². The average Bonchev–Trinajstić information content (AvgIpc) is 3.33. The van der Waals surface area contributed by atoms with Crippen LogP contribution in [0.15, 0.2) is 65.8 Å². The molecule has 1 amide bonds. The van der Waals surface area contributed by atoms with Gasteiger partial charge in [0.25, 0.3) is 15.9 Å². The molecular formula is C27H34ClN5O3S. The maximum absolute atomic E-state index is 13.8. The third-order valence-corrected chi connectivity index (χ3v) is 8.66. The number of hydrogen-bond donors (Lipinski definition) is 0. The molecule has 0 atom stereocenters. The summed E-state index contributed by atoms with van der Waals surface area (Å²) in [4.78, 5) is 17.6. The van der Waals surface area contributed by atoms with Crippen LogP contribution in [-0.4, -0.2) is 65.5 Å². The van der Waals surface area contributed by atoms with Crippen LogP contribution >= 0.6 is 11.6 Å².